The molecule has 0 spiro atoms. The summed E-state index contributed by atoms with van der Waals surface area (Å²) in [6.07, 6.45) is 0.788. The number of hydrogen-bond donors (Lipinski definition) is 3. The smallest absolute Gasteiger partial charge is 0.295 e. The molecule has 2 rings (SSSR count). The molecule has 0 saturated heterocycles. The molecule has 0 radical (unpaired) electrons. The van der Waals surface area contributed by atoms with Gasteiger partial charge in [-0.05, 0) is 43.0 Å². The molecule has 0 aromatic heterocycles. The molecule has 8 nitrogen and oxygen atoms in total. The molecule has 1 amide bonds. The number of rotatable bonds is 10. The molecule has 8 heteroatoms. The molecule has 2 atom stereocenters. The van der Waals surface area contributed by atoms with Crippen molar-refractivity contribution in [3.05, 3.63) is 75.3 Å². The predicted molar refractivity (Wildman–Crippen MR) is 99.7 cm³/mol. The van der Waals surface area contributed by atoms with E-state index in [-0.39, 0.29) is 23.9 Å². The van der Waals surface area contributed by atoms with Crippen LogP contribution in [0.3, 0.4) is 0 Å². The second kappa shape index (κ2) is 9.54. The Kier molecular flexibility index (Phi) is 7.13. The minimum Gasteiger partial charge on any atom is -0.507 e. The SMILES string of the molecule is C[C@H](CCc1ccccc1)NC[C@H](O[N+](=O)[O-])c1ccc(O)c(C(N)=O)c1. The summed E-state index contributed by atoms with van der Waals surface area (Å²) in [7, 11) is 0. The summed E-state index contributed by atoms with van der Waals surface area (Å²) in [4.78, 5) is 27.0. The number of aryl methyl sites for hydroxylation is 1. The number of benzene rings is 2. The van der Waals surface area contributed by atoms with Crippen LogP contribution in [0.1, 0.15) is 40.9 Å². The molecule has 2 aromatic carbocycles. The lowest BCUT2D eigenvalue weighted by Gasteiger charge is -2.20. The Hall–Kier alpha value is -3.13. The minimum absolute atomic E-state index is 0.0933. The monoisotopic (exact) mass is 373 g/mol. The second-order valence-corrected chi connectivity index (χ2v) is 6.29. The number of carbonyl (C=O) groups is 1. The molecule has 0 aliphatic carbocycles. The maximum atomic E-state index is 11.4. The fourth-order valence-electron chi connectivity index (χ4n) is 2.71. The zero-order valence-corrected chi connectivity index (χ0v) is 15.0. The van der Waals surface area contributed by atoms with E-state index in [1.54, 1.807) is 0 Å². The Morgan fingerprint density at radius 3 is 2.63 bits per heavy atom. The van der Waals surface area contributed by atoms with Crippen LogP contribution in [0.25, 0.3) is 0 Å². The van der Waals surface area contributed by atoms with Crippen LogP contribution in [0.5, 0.6) is 5.75 Å². The lowest BCUT2D eigenvalue weighted by Crippen LogP contribution is -2.32. The summed E-state index contributed by atoms with van der Waals surface area (Å²) < 4.78 is 0. The van der Waals surface area contributed by atoms with Crippen molar-refractivity contribution in [1.29, 1.82) is 0 Å². The first kappa shape index (κ1) is 20.2. The predicted octanol–water partition coefficient (Wildman–Crippen LogP) is 2.35. The number of amides is 1. The summed E-state index contributed by atoms with van der Waals surface area (Å²) >= 11 is 0. The molecule has 27 heavy (non-hydrogen) atoms. The third-order valence-electron chi connectivity index (χ3n) is 4.23. The van der Waals surface area contributed by atoms with Gasteiger partial charge in [0.25, 0.3) is 11.0 Å². The lowest BCUT2D eigenvalue weighted by molar-refractivity contribution is -0.770. The zero-order valence-electron chi connectivity index (χ0n) is 15.0. The average molecular weight is 373 g/mol. The first-order valence-corrected chi connectivity index (χ1v) is 8.58. The molecule has 4 N–H and O–H groups in total. The van der Waals surface area contributed by atoms with E-state index in [4.69, 9.17) is 10.6 Å². The van der Waals surface area contributed by atoms with Gasteiger partial charge in [0.05, 0.1) is 5.56 Å². The van der Waals surface area contributed by atoms with Crippen molar-refractivity contribution in [2.75, 3.05) is 6.54 Å². The molecule has 0 aliphatic rings. The van der Waals surface area contributed by atoms with Crippen molar-refractivity contribution in [3.63, 3.8) is 0 Å². The second-order valence-electron chi connectivity index (χ2n) is 6.29. The van der Waals surface area contributed by atoms with Crippen molar-refractivity contribution >= 4 is 5.91 Å². The van der Waals surface area contributed by atoms with Crippen molar-refractivity contribution < 1.29 is 19.8 Å². The molecule has 0 unspecified atom stereocenters. The zero-order chi connectivity index (χ0) is 19.8. The van der Waals surface area contributed by atoms with Gasteiger partial charge in [0.2, 0.25) is 0 Å². The molecule has 0 heterocycles. The van der Waals surface area contributed by atoms with E-state index in [1.165, 1.54) is 23.8 Å². The van der Waals surface area contributed by atoms with Gasteiger partial charge in [0.1, 0.15) is 11.9 Å². The molecule has 0 bridgehead atoms. The topological polar surface area (TPSA) is 128 Å². The van der Waals surface area contributed by atoms with E-state index in [0.29, 0.717) is 5.56 Å². The van der Waals surface area contributed by atoms with Crippen molar-refractivity contribution in [3.8, 4) is 5.75 Å². The van der Waals surface area contributed by atoms with Crippen LogP contribution in [0.2, 0.25) is 0 Å². The molecular weight excluding hydrogens is 350 g/mol. The highest BCUT2D eigenvalue weighted by Gasteiger charge is 2.20. The number of phenols is 1. The van der Waals surface area contributed by atoms with Gasteiger partial charge in [-0.3, -0.25) is 4.79 Å². The Bertz CT molecular complexity index is 782. The van der Waals surface area contributed by atoms with E-state index in [9.17, 15) is 20.0 Å². The van der Waals surface area contributed by atoms with Gasteiger partial charge < -0.3 is 21.0 Å². The number of nitrogens with zero attached hydrogens (tertiary/aromatic N) is 1. The fraction of sp³-hybridized carbons (Fsp3) is 0.316. The summed E-state index contributed by atoms with van der Waals surface area (Å²) in [6, 6.07) is 14.2. The molecule has 0 aliphatic heterocycles. The summed E-state index contributed by atoms with van der Waals surface area (Å²) in [5, 5.41) is 22.8. The van der Waals surface area contributed by atoms with E-state index < -0.39 is 17.1 Å². The molecular formula is C19H23N3O5. The van der Waals surface area contributed by atoms with Crippen LogP contribution in [0.15, 0.2) is 48.5 Å². The minimum atomic E-state index is -0.933. The maximum absolute atomic E-state index is 11.4. The molecule has 2 aromatic rings. The number of hydrogen-bond acceptors (Lipinski definition) is 6. The highest BCUT2D eigenvalue weighted by atomic mass is 17.0. The van der Waals surface area contributed by atoms with Crippen LogP contribution in [0.4, 0.5) is 0 Å². The third-order valence-corrected chi connectivity index (χ3v) is 4.23. The maximum Gasteiger partial charge on any atom is 0.295 e. The van der Waals surface area contributed by atoms with Gasteiger partial charge in [-0.25, -0.2) is 0 Å². The van der Waals surface area contributed by atoms with Gasteiger partial charge in [0, 0.05) is 12.6 Å². The van der Waals surface area contributed by atoms with Gasteiger partial charge in [0.15, 0.2) is 0 Å². The average Bonchev–Trinajstić information content (AvgIpc) is 2.64. The Morgan fingerprint density at radius 2 is 2.00 bits per heavy atom. The van der Waals surface area contributed by atoms with Gasteiger partial charge in [-0.2, -0.15) is 0 Å². The summed E-state index contributed by atoms with van der Waals surface area (Å²) in [6.45, 7) is 2.15. The standard InChI is InChI=1S/C19H23N3O5/c1-13(7-8-14-5-3-2-4-6-14)21-12-18(27-22(25)26)15-9-10-17(23)16(11-15)19(20)24/h2-6,9-11,13,18,21,23H,7-8,12H2,1H3,(H2,20,24)/t13-,18+/m1/s1. The van der Waals surface area contributed by atoms with Crippen molar-refractivity contribution in [2.24, 2.45) is 5.73 Å². The normalized spacial score (nSPS) is 12.9. The first-order chi connectivity index (χ1) is 12.9. The summed E-state index contributed by atoms with van der Waals surface area (Å²) in [5.41, 5.74) is 6.70. The van der Waals surface area contributed by atoms with Crippen LogP contribution < -0.4 is 11.1 Å². The quantitative estimate of drug-likeness (QED) is 0.433. The van der Waals surface area contributed by atoms with Gasteiger partial charge >= 0.3 is 0 Å². The Morgan fingerprint density at radius 1 is 1.30 bits per heavy atom. The van der Waals surface area contributed by atoms with E-state index in [2.05, 4.69) is 5.32 Å². The van der Waals surface area contributed by atoms with E-state index in [1.807, 2.05) is 37.3 Å². The van der Waals surface area contributed by atoms with Crippen LogP contribution in [0, 0.1) is 10.1 Å². The first-order valence-electron chi connectivity index (χ1n) is 8.58. The highest BCUT2D eigenvalue weighted by molar-refractivity contribution is 5.95. The number of aromatic hydroxyl groups is 1. The van der Waals surface area contributed by atoms with Crippen LogP contribution in [-0.2, 0) is 11.3 Å². The highest BCUT2D eigenvalue weighted by Crippen LogP contribution is 2.24. The number of primary amides is 1. The molecule has 0 fully saturated rings. The van der Waals surface area contributed by atoms with E-state index >= 15 is 0 Å². The van der Waals surface area contributed by atoms with E-state index in [0.717, 1.165) is 12.8 Å². The summed E-state index contributed by atoms with van der Waals surface area (Å²) in [5.74, 6) is -1.10. The fourth-order valence-corrected chi connectivity index (χ4v) is 2.71. The Labute approximate surface area is 157 Å². The number of carbonyl (C=O) groups excluding carboxylic acids is 1. The van der Waals surface area contributed by atoms with Crippen LogP contribution in [-0.4, -0.2) is 28.7 Å². The van der Waals surface area contributed by atoms with Crippen molar-refractivity contribution in [1.82, 2.24) is 5.32 Å². The number of nitrogens with two attached hydrogens (primary N) is 1. The van der Waals surface area contributed by atoms with Gasteiger partial charge in [-0.15, -0.1) is 10.1 Å². The van der Waals surface area contributed by atoms with Crippen LogP contribution >= 0.6 is 0 Å². The lowest BCUT2D eigenvalue weighted by atomic mass is 10.0. The van der Waals surface area contributed by atoms with Gasteiger partial charge in [-0.1, -0.05) is 36.4 Å². The van der Waals surface area contributed by atoms with Crippen molar-refractivity contribution in [2.45, 2.75) is 31.9 Å². The Balaban J connectivity index is 2.01. The largest absolute Gasteiger partial charge is 0.507 e. The molecule has 144 valence electrons. The number of nitrogens with one attached hydrogen (secondary N) is 1. The molecule has 0 saturated carbocycles. The third kappa shape index (κ3) is 6.27.